The summed E-state index contributed by atoms with van der Waals surface area (Å²) in [6.07, 6.45) is 5.01. The van der Waals surface area contributed by atoms with Gasteiger partial charge in [-0.05, 0) is 31.4 Å². The van der Waals surface area contributed by atoms with Crippen LogP contribution >= 0.6 is 0 Å². The van der Waals surface area contributed by atoms with Crippen molar-refractivity contribution in [3.63, 3.8) is 0 Å². The van der Waals surface area contributed by atoms with Crippen LogP contribution in [0.4, 0.5) is 5.69 Å². The van der Waals surface area contributed by atoms with Crippen molar-refractivity contribution >= 4 is 17.6 Å². The molecule has 0 bridgehead atoms. The van der Waals surface area contributed by atoms with E-state index in [0.717, 1.165) is 36.3 Å². The second-order valence-electron chi connectivity index (χ2n) is 7.66. The standard InChI is InChI=1S/C22H26N2O4/c1-4-14-12-24-10-9-22(17-7-5-6-8-18(17)23-21(22)26)19(24)11-15(14)16(13-27-2)20(25)28-3/h4-8,13,15,19H,9-12H2,1-3H3,(H,23,26)/b14-4?,16-13+/t15-,19-,22-/m0/s1. The highest BCUT2D eigenvalue weighted by Gasteiger charge is 2.59. The second kappa shape index (κ2) is 7.09. The number of esters is 1. The van der Waals surface area contributed by atoms with E-state index in [4.69, 9.17) is 9.47 Å². The SMILES string of the molecule is CC=C1CN2CC[C@@]3(C(=O)Nc4ccccc43)[C@@H]2C[C@@H]1/C(=C\OC)C(=O)OC. The lowest BCUT2D eigenvalue weighted by Gasteiger charge is -2.42. The number of amides is 1. The van der Waals surface area contributed by atoms with Crippen LogP contribution in [0.25, 0.3) is 0 Å². The molecule has 6 heteroatoms. The molecule has 0 saturated carbocycles. The number of para-hydroxylation sites is 1. The van der Waals surface area contributed by atoms with Crippen LogP contribution in [0.1, 0.15) is 25.3 Å². The number of carbonyl (C=O) groups is 2. The van der Waals surface area contributed by atoms with Gasteiger partial charge >= 0.3 is 5.97 Å². The number of anilines is 1. The molecular formula is C22H26N2O4. The summed E-state index contributed by atoms with van der Waals surface area (Å²) in [6, 6.07) is 7.99. The van der Waals surface area contributed by atoms with E-state index in [9.17, 15) is 9.59 Å². The smallest absolute Gasteiger partial charge is 0.337 e. The highest BCUT2D eigenvalue weighted by Crippen LogP contribution is 2.52. The lowest BCUT2D eigenvalue weighted by atomic mass is 9.69. The van der Waals surface area contributed by atoms with Crippen molar-refractivity contribution in [1.29, 1.82) is 0 Å². The average molecular weight is 382 g/mol. The fourth-order valence-corrected chi connectivity index (χ4v) is 5.27. The molecule has 0 aromatic heterocycles. The molecule has 1 aromatic carbocycles. The summed E-state index contributed by atoms with van der Waals surface area (Å²) in [5, 5.41) is 3.08. The molecule has 1 amide bonds. The monoisotopic (exact) mass is 382 g/mol. The van der Waals surface area contributed by atoms with E-state index in [1.54, 1.807) is 0 Å². The minimum Gasteiger partial charge on any atom is -0.504 e. The van der Waals surface area contributed by atoms with Gasteiger partial charge in [0.25, 0.3) is 0 Å². The highest BCUT2D eigenvalue weighted by atomic mass is 16.5. The molecule has 1 N–H and O–H groups in total. The molecule has 1 spiro atoms. The van der Waals surface area contributed by atoms with E-state index in [2.05, 4.69) is 22.4 Å². The van der Waals surface area contributed by atoms with Crippen LogP contribution in [0.3, 0.4) is 0 Å². The normalized spacial score (nSPS) is 30.9. The van der Waals surface area contributed by atoms with Crippen LogP contribution in [0.15, 0.2) is 47.7 Å². The van der Waals surface area contributed by atoms with Crippen molar-refractivity contribution in [3.8, 4) is 0 Å². The number of hydrogen-bond donors (Lipinski definition) is 1. The summed E-state index contributed by atoms with van der Waals surface area (Å²) in [5.41, 5.74) is 3.08. The van der Waals surface area contributed by atoms with Gasteiger partial charge in [0.2, 0.25) is 5.91 Å². The summed E-state index contributed by atoms with van der Waals surface area (Å²) < 4.78 is 10.2. The third-order valence-corrected chi connectivity index (χ3v) is 6.57. The molecule has 0 aliphatic carbocycles. The Hall–Kier alpha value is -2.60. The highest BCUT2D eigenvalue weighted by molar-refractivity contribution is 6.07. The van der Waals surface area contributed by atoms with Gasteiger partial charge in [-0.25, -0.2) is 4.79 Å². The predicted molar refractivity (Wildman–Crippen MR) is 106 cm³/mol. The van der Waals surface area contributed by atoms with Crippen molar-refractivity contribution in [2.75, 3.05) is 32.6 Å². The van der Waals surface area contributed by atoms with Crippen LogP contribution in [0, 0.1) is 5.92 Å². The van der Waals surface area contributed by atoms with Gasteiger partial charge in [-0.1, -0.05) is 29.8 Å². The Balaban J connectivity index is 1.76. The number of rotatable bonds is 3. The van der Waals surface area contributed by atoms with E-state index in [-0.39, 0.29) is 23.8 Å². The maximum absolute atomic E-state index is 13.2. The van der Waals surface area contributed by atoms with Crippen molar-refractivity contribution in [2.24, 2.45) is 5.92 Å². The number of methoxy groups -OCH3 is 2. The Labute approximate surface area is 165 Å². The summed E-state index contributed by atoms with van der Waals surface area (Å²) in [6.45, 7) is 3.59. The molecule has 3 aliphatic rings. The zero-order chi connectivity index (χ0) is 19.9. The first-order valence-electron chi connectivity index (χ1n) is 9.68. The number of ether oxygens (including phenoxy) is 2. The van der Waals surface area contributed by atoms with E-state index in [0.29, 0.717) is 12.0 Å². The third kappa shape index (κ3) is 2.58. The Morgan fingerprint density at radius 1 is 1.32 bits per heavy atom. The number of nitrogens with one attached hydrogen (secondary N) is 1. The molecule has 4 rings (SSSR count). The van der Waals surface area contributed by atoms with E-state index in [1.807, 2.05) is 25.1 Å². The first-order chi connectivity index (χ1) is 13.6. The van der Waals surface area contributed by atoms with Gasteiger partial charge in [-0.3, -0.25) is 9.69 Å². The van der Waals surface area contributed by atoms with E-state index in [1.165, 1.54) is 20.5 Å². The molecule has 3 atom stereocenters. The number of carbonyl (C=O) groups excluding carboxylic acids is 2. The second-order valence-corrected chi connectivity index (χ2v) is 7.66. The van der Waals surface area contributed by atoms with Gasteiger partial charge in [-0.2, -0.15) is 0 Å². The van der Waals surface area contributed by atoms with E-state index >= 15 is 0 Å². The molecule has 0 unspecified atom stereocenters. The Morgan fingerprint density at radius 2 is 2.11 bits per heavy atom. The summed E-state index contributed by atoms with van der Waals surface area (Å²) in [5.74, 6) is -0.448. The summed E-state index contributed by atoms with van der Waals surface area (Å²) >= 11 is 0. The van der Waals surface area contributed by atoms with Crippen LogP contribution < -0.4 is 5.32 Å². The van der Waals surface area contributed by atoms with Gasteiger partial charge in [0.15, 0.2) is 0 Å². The van der Waals surface area contributed by atoms with Gasteiger partial charge in [0, 0.05) is 30.7 Å². The van der Waals surface area contributed by atoms with Gasteiger partial charge in [0.1, 0.15) is 0 Å². The summed E-state index contributed by atoms with van der Waals surface area (Å²) in [4.78, 5) is 28.0. The average Bonchev–Trinajstić information content (AvgIpc) is 3.23. The first-order valence-corrected chi connectivity index (χ1v) is 9.68. The molecule has 28 heavy (non-hydrogen) atoms. The molecule has 2 fully saturated rings. The van der Waals surface area contributed by atoms with Crippen LogP contribution in [-0.2, 0) is 24.5 Å². The molecular weight excluding hydrogens is 356 g/mol. The Morgan fingerprint density at radius 3 is 2.82 bits per heavy atom. The molecule has 1 aromatic rings. The maximum atomic E-state index is 13.2. The van der Waals surface area contributed by atoms with Crippen LogP contribution in [-0.4, -0.2) is 50.1 Å². The number of benzene rings is 1. The van der Waals surface area contributed by atoms with Gasteiger partial charge < -0.3 is 14.8 Å². The number of piperidine rings is 1. The fraction of sp³-hybridized carbons (Fsp3) is 0.455. The zero-order valence-electron chi connectivity index (χ0n) is 16.5. The van der Waals surface area contributed by atoms with Crippen molar-refractivity contribution < 1.29 is 19.1 Å². The molecule has 0 radical (unpaired) electrons. The lowest BCUT2D eigenvalue weighted by Crippen LogP contribution is -2.51. The molecule has 148 valence electrons. The number of fused-ring (bicyclic) bond motifs is 4. The number of allylic oxidation sites excluding steroid dienone is 1. The van der Waals surface area contributed by atoms with Gasteiger partial charge in [0.05, 0.1) is 31.5 Å². The van der Waals surface area contributed by atoms with Crippen molar-refractivity contribution in [2.45, 2.75) is 31.2 Å². The lowest BCUT2D eigenvalue weighted by molar-refractivity contribution is -0.137. The number of hydrogen-bond acceptors (Lipinski definition) is 5. The molecule has 6 nitrogen and oxygen atoms in total. The molecule has 2 saturated heterocycles. The third-order valence-electron chi connectivity index (χ3n) is 6.57. The Kier molecular flexibility index (Phi) is 4.75. The molecule has 3 aliphatic heterocycles. The maximum Gasteiger partial charge on any atom is 0.337 e. The zero-order valence-corrected chi connectivity index (χ0v) is 16.5. The fourth-order valence-electron chi connectivity index (χ4n) is 5.27. The quantitative estimate of drug-likeness (QED) is 0.377. The molecule has 3 heterocycles. The largest absolute Gasteiger partial charge is 0.504 e. The topological polar surface area (TPSA) is 67.9 Å². The summed E-state index contributed by atoms with van der Waals surface area (Å²) in [7, 11) is 2.92. The minimum absolute atomic E-state index is 0.0229. The van der Waals surface area contributed by atoms with Gasteiger partial charge in [-0.15, -0.1) is 0 Å². The van der Waals surface area contributed by atoms with E-state index < -0.39 is 5.41 Å². The Bertz CT molecular complexity index is 875. The predicted octanol–water partition coefficient (Wildman–Crippen LogP) is 2.62. The van der Waals surface area contributed by atoms with Crippen molar-refractivity contribution in [1.82, 2.24) is 4.90 Å². The number of nitrogens with zero attached hydrogens (tertiary/aromatic N) is 1. The first kappa shape index (κ1) is 18.7. The van der Waals surface area contributed by atoms with Crippen LogP contribution in [0.5, 0.6) is 0 Å². The van der Waals surface area contributed by atoms with Crippen LogP contribution in [0.2, 0.25) is 0 Å². The minimum atomic E-state index is -0.567. The van der Waals surface area contributed by atoms with Crippen molar-refractivity contribution in [3.05, 3.63) is 53.3 Å².